The first-order valence-corrected chi connectivity index (χ1v) is 11.8. The second-order valence-electron chi connectivity index (χ2n) is 9.21. The van der Waals surface area contributed by atoms with Crippen molar-refractivity contribution in [3.63, 3.8) is 0 Å². The molecule has 0 aliphatic heterocycles. The van der Waals surface area contributed by atoms with E-state index in [9.17, 15) is 0 Å². The molecule has 168 valence electrons. The van der Waals surface area contributed by atoms with Gasteiger partial charge < -0.3 is 11.5 Å². The molecule has 4 aromatic carbocycles. The van der Waals surface area contributed by atoms with Gasteiger partial charge in [0, 0.05) is 11.4 Å². The van der Waals surface area contributed by atoms with Crippen LogP contribution in [0.25, 0.3) is 0 Å². The van der Waals surface area contributed by atoms with Crippen LogP contribution in [0.2, 0.25) is 0 Å². The largest absolute Gasteiger partial charge is 0.399 e. The van der Waals surface area contributed by atoms with Crippen LogP contribution in [0, 0.1) is 13.8 Å². The fourth-order valence-corrected chi connectivity index (χ4v) is 4.43. The zero-order valence-corrected chi connectivity index (χ0v) is 19.8. The summed E-state index contributed by atoms with van der Waals surface area (Å²) in [5.74, 6) is 0. The third-order valence-corrected chi connectivity index (χ3v) is 6.49. The van der Waals surface area contributed by atoms with E-state index in [0.29, 0.717) is 0 Å². The Morgan fingerprint density at radius 3 is 1.21 bits per heavy atom. The molecule has 0 saturated carbocycles. The molecule has 0 aromatic heterocycles. The molecule has 33 heavy (non-hydrogen) atoms. The number of nitrogen functional groups attached to an aromatic ring is 2. The molecule has 0 amide bonds. The fraction of sp³-hybridized carbons (Fsp3) is 0.226. The summed E-state index contributed by atoms with van der Waals surface area (Å²) < 4.78 is 0. The molecule has 0 aliphatic carbocycles. The maximum Gasteiger partial charge on any atom is 0.0314 e. The van der Waals surface area contributed by atoms with Gasteiger partial charge in [-0.05, 0) is 115 Å². The number of nitrogens with two attached hydrogens (primary N) is 2. The van der Waals surface area contributed by atoms with Crippen molar-refractivity contribution in [2.24, 2.45) is 0 Å². The molecule has 0 saturated heterocycles. The molecule has 0 fully saturated rings. The van der Waals surface area contributed by atoms with Gasteiger partial charge in [0.15, 0.2) is 0 Å². The molecule has 2 nitrogen and oxygen atoms in total. The van der Waals surface area contributed by atoms with Crippen molar-refractivity contribution >= 4 is 11.4 Å². The average Bonchev–Trinajstić information content (AvgIpc) is 2.80. The van der Waals surface area contributed by atoms with E-state index in [4.69, 9.17) is 11.5 Å². The standard InChI is InChI=1S/C31H34N2/c1-22-18-24(6-12-28(22)20-26-8-14-30(32)15-9-26)4-3-5-25-7-13-29(23(2)19-25)21-27-10-16-31(33)17-11-27/h6-19H,3-5,20-21,32-33H2,1-2H3. The first kappa shape index (κ1) is 22.7. The van der Waals surface area contributed by atoms with Gasteiger partial charge in [0.25, 0.3) is 0 Å². The first-order valence-electron chi connectivity index (χ1n) is 11.8. The highest BCUT2D eigenvalue weighted by molar-refractivity contribution is 5.43. The van der Waals surface area contributed by atoms with Crippen LogP contribution in [-0.4, -0.2) is 0 Å². The van der Waals surface area contributed by atoms with Crippen LogP contribution in [0.4, 0.5) is 11.4 Å². The quantitative estimate of drug-likeness (QED) is 0.299. The van der Waals surface area contributed by atoms with Gasteiger partial charge in [0.2, 0.25) is 0 Å². The van der Waals surface area contributed by atoms with Crippen molar-refractivity contribution in [2.45, 2.75) is 46.0 Å². The summed E-state index contributed by atoms with van der Waals surface area (Å²) in [5, 5.41) is 0. The second-order valence-corrected chi connectivity index (χ2v) is 9.21. The minimum atomic E-state index is 0.817. The Kier molecular flexibility index (Phi) is 7.14. The fourth-order valence-electron chi connectivity index (χ4n) is 4.43. The normalized spacial score (nSPS) is 11.0. The first-order chi connectivity index (χ1) is 16.0. The predicted octanol–water partition coefficient (Wildman–Crippen LogP) is 6.82. The number of hydrogen-bond donors (Lipinski definition) is 2. The lowest BCUT2D eigenvalue weighted by atomic mass is 9.95. The number of aryl methyl sites for hydroxylation is 4. The van der Waals surface area contributed by atoms with Crippen LogP contribution in [0.1, 0.15) is 50.9 Å². The maximum atomic E-state index is 5.81. The molecule has 4 N–H and O–H groups in total. The van der Waals surface area contributed by atoms with Crippen molar-refractivity contribution < 1.29 is 0 Å². The lowest BCUT2D eigenvalue weighted by Gasteiger charge is -2.11. The average molecular weight is 435 g/mol. The van der Waals surface area contributed by atoms with E-state index in [0.717, 1.165) is 43.5 Å². The van der Waals surface area contributed by atoms with Crippen LogP contribution in [0.3, 0.4) is 0 Å². The number of benzene rings is 4. The van der Waals surface area contributed by atoms with Crippen molar-refractivity contribution in [1.29, 1.82) is 0 Å². The Balaban J connectivity index is 1.31. The van der Waals surface area contributed by atoms with E-state index in [1.165, 1.54) is 44.5 Å². The number of rotatable bonds is 8. The molecule has 0 heterocycles. The van der Waals surface area contributed by atoms with E-state index in [-0.39, 0.29) is 0 Å². The second kappa shape index (κ2) is 10.4. The van der Waals surface area contributed by atoms with Crippen LogP contribution >= 0.6 is 0 Å². The maximum absolute atomic E-state index is 5.81. The Morgan fingerprint density at radius 2 is 0.848 bits per heavy atom. The summed E-state index contributed by atoms with van der Waals surface area (Å²) in [6.45, 7) is 4.44. The summed E-state index contributed by atoms with van der Waals surface area (Å²) in [4.78, 5) is 0. The van der Waals surface area contributed by atoms with Gasteiger partial charge >= 0.3 is 0 Å². The van der Waals surface area contributed by atoms with Crippen LogP contribution < -0.4 is 11.5 Å². The topological polar surface area (TPSA) is 52.0 Å². The van der Waals surface area contributed by atoms with Crippen molar-refractivity contribution in [3.8, 4) is 0 Å². The van der Waals surface area contributed by atoms with Gasteiger partial charge in [0.05, 0.1) is 0 Å². The highest BCUT2D eigenvalue weighted by Crippen LogP contribution is 2.20. The van der Waals surface area contributed by atoms with Gasteiger partial charge in [-0.1, -0.05) is 60.7 Å². The summed E-state index contributed by atoms with van der Waals surface area (Å²) in [5.41, 5.74) is 24.2. The van der Waals surface area contributed by atoms with Gasteiger partial charge in [-0.3, -0.25) is 0 Å². The van der Waals surface area contributed by atoms with Gasteiger partial charge in [-0.25, -0.2) is 0 Å². The third kappa shape index (κ3) is 6.26. The molecular formula is C31H34N2. The van der Waals surface area contributed by atoms with Crippen LogP contribution in [-0.2, 0) is 25.7 Å². The zero-order valence-electron chi connectivity index (χ0n) is 19.8. The molecule has 0 unspecified atom stereocenters. The third-order valence-electron chi connectivity index (χ3n) is 6.49. The molecule has 0 atom stereocenters. The monoisotopic (exact) mass is 434 g/mol. The van der Waals surface area contributed by atoms with E-state index in [1.54, 1.807) is 0 Å². The Hall–Kier alpha value is -3.52. The zero-order chi connectivity index (χ0) is 23.2. The van der Waals surface area contributed by atoms with E-state index < -0.39 is 0 Å². The molecule has 4 rings (SSSR count). The van der Waals surface area contributed by atoms with Crippen molar-refractivity contribution in [2.75, 3.05) is 11.5 Å². The van der Waals surface area contributed by atoms with Crippen LogP contribution in [0.5, 0.6) is 0 Å². The van der Waals surface area contributed by atoms with Crippen LogP contribution in [0.15, 0.2) is 84.9 Å². The summed E-state index contributed by atoms with van der Waals surface area (Å²) >= 11 is 0. The highest BCUT2D eigenvalue weighted by Gasteiger charge is 2.05. The van der Waals surface area contributed by atoms with E-state index in [2.05, 4.69) is 74.5 Å². The summed E-state index contributed by atoms with van der Waals surface area (Å²) in [7, 11) is 0. The molecule has 2 heteroatoms. The number of anilines is 2. The summed E-state index contributed by atoms with van der Waals surface area (Å²) in [6.07, 6.45) is 5.28. The molecule has 0 bridgehead atoms. The van der Waals surface area contributed by atoms with E-state index >= 15 is 0 Å². The molecular weight excluding hydrogens is 400 g/mol. The smallest absolute Gasteiger partial charge is 0.0314 e. The lowest BCUT2D eigenvalue weighted by Crippen LogP contribution is -1.97. The van der Waals surface area contributed by atoms with Crippen molar-refractivity contribution in [1.82, 2.24) is 0 Å². The number of hydrogen-bond acceptors (Lipinski definition) is 2. The van der Waals surface area contributed by atoms with Gasteiger partial charge in [0.1, 0.15) is 0 Å². The van der Waals surface area contributed by atoms with Crippen molar-refractivity contribution in [3.05, 3.63) is 129 Å². The minimum absolute atomic E-state index is 0.817. The molecule has 0 radical (unpaired) electrons. The van der Waals surface area contributed by atoms with E-state index in [1.807, 2.05) is 24.3 Å². The Bertz CT molecular complexity index is 1110. The SMILES string of the molecule is Cc1cc(CCCc2ccc(Cc3ccc(N)cc3)c(C)c2)ccc1Cc1ccc(N)cc1. The highest BCUT2D eigenvalue weighted by atomic mass is 14.5. The Labute approximate surface area is 198 Å². The molecule has 0 aliphatic rings. The molecule has 0 spiro atoms. The summed E-state index contributed by atoms with van der Waals surface area (Å²) in [6, 6.07) is 30.2. The van der Waals surface area contributed by atoms with Gasteiger partial charge in [-0.15, -0.1) is 0 Å². The minimum Gasteiger partial charge on any atom is -0.399 e. The Morgan fingerprint density at radius 1 is 0.485 bits per heavy atom. The lowest BCUT2D eigenvalue weighted by molar-refractivity contribution is 0.817. The van der Waals surface area contributed by atoms with Gasteiger partial charge in [-0.2, -0.15) is 0 Å². The predicted molar refractivity (Wildman–Crippen MR) is 142 cm³/mol. The molecule has 4 aromatic rings.